The molecule has 0 N–H and O–H groups in total. The van der Waals surface area contributed by atoms with E-state index in [9.17, 15) is 13.2 Å². The topological polar surface area (TPSA) is 81.5 Å². The van der Waals surface area contributed by atoms with Crippen molar-refractivity contribution < 1.29 is 17.9 Å². The summed E-state index contributed by atoms with van der Waals surface area (Å²) < 4.78 is 34.1. The number of benzene rings is 1. The van der Waals surface area contributed by atoms with E-state index in [-0.39, 0.29) is 16.5 Å². The minimum Gasteiger partial charge on any atom is -0.444 e. The molecular formula is C23H26ClN3O4S. The molecule has 3 heterocycles. The Morgan fingerprint density at radius 2 is 1.88 bits per heavy atom. The van der Waals surface area contributed by atoms with Crippen LogP contribution in [0.1, 0.15) is 44.4 Å². The van der Waals surface area contributed by atoms with Crippen molar-refractivity contribution in [2.75, 3.05) is 13.1 Å². The number of aryl methyl sites for hydroxylation is 1. The Hall–Kier alpha value is -2.58. The van der Waals surface area contributed by atoms with Gasteiger partial charge in [-0.05, 0) is 58.4 Å². The molecule has 0 bridgehead atoms. The maximum atomic E-state index is 13.7. The van der Waals surface area contributed by atoms with E-state index in [4.69, 9.17) is 16.3 Å². The SMILES string of the molecule is Cc1ccc(S(=O)(=O)n2c(C3CCN(C(=O)OC(C)(C)C)C3)cc3c(Cl)ccnc32)cc1. The summed E-state index contributed by atoms with van der Waals surface area (Å²) >= 11 is 6.38. The second-order valence-electron chi connectivity index (χ2n) is 9.09. The molecule has 1 aliphatic heterocycles. The number of carbonyl (C=O) groups is 1. The number of aromatic nitrogens is 2. The summed E-state index contributed by atoms with van der Waals surface area (Å²) in [6.45, 7) is 8.19. The number of amides is 1. The lowest BCUT2D eigenvalue weighted by Gasteiger charge is -2.24. The van der Waals surface area contributed by atoms with E-state index >= 15 is 0 Å². The molecule has 1 amide bonds. The van der Waals surface area contributed by atoms with Gasteiger partial charge < -0.3 is 9.64 Å². The summed E-state index contributed by atoms with van der Waals surface area (Å²) in [5, 5.41) is 0.992. The van der Waals surface area contributed by atoms with Crippen LogP contribution < -0.4 is 0 Å². The van der Waals surface area contributed by atoms with Gasteiger partial charge in [0.2, 0.25) is 0 Å². The van der Waals surface area contributed by atoms with Gasteiger partial charge in [-0.3, -0.25) is 0 Å². The summed E-state index contributed by atoms with van der Waals surface area (Å²) in [5.41, 5.74) is 1.21. The van der Waals surface area contributed by atoms with Gasteiger partial charge >= 0.3 is 6.09 Å². The molecule has 170 valence electrons. The first-order chi connectivity index (χ1) is 15.0. The summed E-state index contributed by atoms with van der Waals surface area (Å²) in [4.78, 5) is 18.7. The molecule has 3 aromatic rings. The molecule has 1 unspecified atom stereocenters. The fourth-order valence-corrected chi connectivity index (χ4v) is 5.65. The van der Waals surface area contributed by atoms with Gasteiger partial charge in [0.15, 0.2) is 5.65 Å². The third kappa shape index (κ3) is 4.21. The van der Waals surface area contributed by atoms with E-state index in [0.29, 0.717) is 35.6 Å². The molecule has 1 atom stereocenters. The van der Waals surface area contributed by atoms with E-state index < -0.39 is 21.7 Å². The largest absolute Gasteiger partial charge is 0.444 e. The Morgan fingerprint density at radius 1 is 1.19 bits per heavy atom. The number of halogens is 1. The number of pyridine rings is 1. The van der Waals surface area contributed by atoms with Gasteiger partial charge in [-0.2, -0.15) is 0 Å². The van der Waals surface area contributed by atoms with E-state index in [1.165, 1.54) is 10.2 Å². The van der Waals surface area contributed by atoms with Crippen LogP contribution in [-0.2, 0) is 14.8 Å². The van der Waals surface area contributed by atoms with Gasteiger partial charge in [-0.1, -0.05) is 29.3 Å². The Morgan fingerprint density at radius 3 is 2.53 bits per heavy atom. The molecule has 1 aliphatic rings. The van der Waals surface area contributed by atoms with Crippen molar-refractivity contribution in [2.24, 2.45) is 0 Å². The minimum atomic E-state index is -3.93. The molecule has 9 heteroatoms. The highest BCUT2D eigenvalue weighted by Gasteiger charge is 2.35. The number of rotatable bonds is 3. The Balaban J connectivity index is 1.79. The standard InChI is InChI=1S/C23H26ClN3O4S/c1-15-5-7-17(8-6-15)32(29,30)27-20(13-18-19(24)9-11-25-21(18)27)16-10-12-26(14-16)22(28)31-23(2,3)4/h5-9,11,13,16H,10,12,14H2,1-4H3. The third-order valence-corrected chi connectivity index (χ3v) is 7.51. The number of carbonyl (C=O) groups excluding carboxylic acids is 1. The van der Waals surface area contributed by atoms with Gasteiger partial charge in [0.05, 0.1) is 9.92 Å². The number of ether oxygens (including phenoxy) is 1. The van der Waals surface area contributed by atoms with Crippen LogP contribution >= 0.6 is 11.6 Å². The van der Waals surface area contributed by atoms with E-state index in [2.05, 4.69) is 4.98 Å². The highest BCUT2D eigenvalue weighted by molar-refractivity contribution is 7.90. The molecule has 2 aromatic heterocycles. The number of hydrogen-bond acceptors (Lipinski definition) is 5. The van der Waals surface area contributed by atoms with Crippen LogP contribution in [0.15, 0.2) is 47.5 Å². The van der Waals surface area contributed by atoms with Crippen LogP contribution in [0.3, 0.4) is 0 Å². The fourth-order valence-electron chi connectivity index (χ4n) is 3.91. The van der Waals surface area contributed by atoms with Crippen molar-refractivity contribution in [3.05, 3.63) is 58.9 Å². The Kier molecular flexibility index (Phi) is 5.71. The first-order valence-corrected chi connectivity index (χ1v) is 12.3. The molecule has 32 heavy (non-hydrogen) atoms. The van der Waals surface area contributed by atoms with Crippen molar-refractivity contribution >= 4 is 38.8 Å². The average Bonchev–Trinajstić information content (AvgIpc) is 3.33. The average molecular weight is 476 g/mol. The van der Waals surface area contributed by atoms with Crippen molar-refractivity contribution in [1.82, 2.24) is 13.9 Å². The molecule has 7 nitrogen and oxygen atoms in total. The van der Waals surface area contributed by atoms with Crippen molar-refractivity contribution in [1.29, 1.82) is 0 Å². The summed E-state index contributed by atoms with van der Waals surface area (Å²) in [6.07, 6.45) is 1.70. The highest BCUT2D eigenvalue weighted by Crippen LogP contribution is 2.36. The van der Waals surface area contributed by atoms with Crippen molar-refractivity contribution in [2.45, 2.75) is 50.5 Å². The van der Waals surface area contributed by atoms with Gasteiger partial charge in [0.25, 0.3) is 10.0 Å². The number of nitrogens with zero attached hydrogens (tertiary/aromatic N) is 3. The first-order valence-electron chi connectivity index (χ1n) is 10.4. The van der Waals surface area contributed by atoms with Crippen LogP contribution in [0.2, 0.25) is 5.02 Å². The lowest BCUT2D eigenvalue weighted by atomic mass is 10.1. The molecule has 0 aliphatic carbocycles. The second-order valence-corrected chi connectivity index (χ2v) is 11.3. The van der Waals surface area contributed by atoms with Gasteiger partial charge in [-0.15, -0.1) is 0 Å². The lowest BCUT2D eigenvalue weighted by molar-refractivity contribution is 0.0292. The lowest BCUT2D eigenvalue weighted by Crippen LogP contribution is -2.35. The molecule has 0 spiro atoms. The summed E-state index contributed by atoms with van der Waals surface area (Å²) in [6, 6.07) is 10.1. The Bertz CT molecular complexity index is 1280. The summed E-state index contributed by atoms with van der Waals surface area (Å²) in [7, 11) is -3.93. The molecule has 1 saturated heterocycles. The fraction of sp³-hybridized carbons (Fsp3) is 0.391. The number of hydrogen-bond donors (Lipinski definition) is 0. The summed E-state index contributed by atoms with van der Waals surface area (Å²) in [5.74, 6) is -0.201. The smallest absolute Gasteiger partial charge is 0.410 e. The normalized spacial score (nSPS) is 17.2. The first kappa shape index (κ1) is 22.6. The highest BCUT2D eigenvalue weighted by atomic mass is 35.5. The monoisotopic (exact) mass is 475 g/mol. The van der Waals surface area contributed by atoms with Gasteiger partial charge in [0.1, 0.15) is 5.60 Å². The van der Waals surface area contributed by atoms with E-state index in [1.54, 1.807) is 41.3 Å². The van der Waals surface area contributed by atoms with Gasteiger partial charge in [-0.25, -0.2) is 22.2 Å². The number of likely N-dealkylation sites (tertiary alicyclic amines) is 1. The zero-order valence-electron chi connectivity index (χ0n) is 18.5. The zero-order valence-corrected chi connectivity index (χ0v) is 20.1. The molecule has 0 radical (unpaired) electrons. The van der Waals surface area contributed by atoms with Crippen LogP contribution in [0, 0.1) is 6.92 Å². The minimum absolute atomic E-state index is 0.172. The zero-order chi connectivity index (χ0) is 23.3. The molecule has 0 saturated carbocycles. The van der Waals surface area contributed by atoms with Crippen LogP contribution in [0.25, 0.3) is 11.0 Å². The molecule has 4 rings (SSSR count). The maximum absolute atomic E-state index is 13.7. The third-order valence-electron chi connectivity index (χ3n) is 5.45. The van der Waals surface area contributed by atoms with Crippen molar-refractivity contribution in [3.8, 4) is 0 Å². The van der Waals surface area contributed by atoms with E-state index in [0.717, 1.165) is 5.56 Å². The Labute approximate surface area is 193 Å². The molecule has 1 aromatic carbocycles. The molecule has 1 fully saturated rings. The molecular weight excluding hydrogens is 450 g/mol. The maximum Gasteiger partial charge on any atom is 0.410 e. The van der Waals surface area contributed by atoms with Crippen LogP contribution in [-0.4, -0.2) is 47.1 Å². The second kappa shape index (κ2) is 8.08. The van der Waals surface area contributed by atoms with Crippen LogP contribution in [0.4, 0.5) is 4.79 Å². The number of fused-ring (bicyclic) bond motifs is 1. The van der Waals surface area contributed by atoms with Gasteiger partial charge in [0, 0.05) is 36.3 Å². The van der Waals surface area contributed by atoms with E-state index in [1.807, 2.05) is 27.7 Å². The quantitative estimate of drug-likeness (QED) is 0.534. The van der Waals surface area contributed by atoms with Crippen molar-refractivity contribution in [3.63, 3.8) is 0 Å². The van der Waals surface area contributed by atoms with Crippen LogP contribution in [0.5, 0.6) is 0 Å². The predicted octanol–water partition coefficient (Wildman–Crippen LogP) is 4.96. The predicted molar refractivity (Wildman–Crippen MR) is 124 cm³/mol.